The van der Waals surface area contributed by atoms with Crippen molar-refractivity contribution in [3.8, 4) is 0 Å². The van der Waals surface area contributed by atoms with Crippen molar-refractivity contribution in [1.29, 1.82) is 0 Å². The minimum Gasteiger partial charge on any atom is -0.331 e. The van der Waals surface area contributed by atoms with Gasteiger partial charge in [0.1, 0.15) is 0 Å². The zero-order valence-electron chi connectivity index (χ0n) is 11.6. The van der Waals surface area contributed by atoms with Crippen molar-refractivity contribution >= 4 is 0 Å². The Kier molecular flexibility index (Phi) is 3.16. The topological polar surface area (TPSA) is 33.1 Å². The van der Waals surface area contributed by atoms with E-state index < -0.39 is 0 Å². The lowest BCUT2D eigenvalue weighted by atomic mass is 9.95. The SMILES string of the molecule is CC1C2CNCC2CN1Cc1cncn1C(C)C. The monoisotopic (exact) mass is 248 g/mol. The molecule has 0 radical (unpaired) electrons. The first-order valence-electron chi connectivity index (χ1n) is 7.12. The van der Waals surface area contributed by atoms with Gasteiger partial charge in [0, 0.05) is 31.4 Å². The number of nitrogens with one attached hydrogen (secondary N) is 1. The fourth-order valence-corrected chi connectivity index (χ4v) is 3.59. The lowest BCUT2D eigenvalue weighted by Crippen LogP contribution is -2.33. The predicted octanol–water partition coefficient (Wildman–Crippen LogP) is 1.50. The molecule has 0 aliphatic carbocycles. The van der Waals surface area contributed by atoms with Crippen LogP contribution in [0.2, 0.25) is 0 Å². The van der Waals surface area contributed by atoms with E-state index in [0.717, 1.165) is 18.4 Å². The van der Waals surface area contributed by atoms with Crippen LogP contribution in [-0.4, -0.2) is 40.1 Å². The summed E-state index contributed by atoms with van der Waals surface area (Å²) in [5, 5.41) is 3.52. The molecule has 3 heterocycles. The van der Waals surface area contributed by atoms with Gasteiger partial charge in [-0.2, -0.15) is 0 Å². The van der Waals surface area contributed by atoms with Crippen LogP contribution in [0.1, 0.15) is 32.5 Å². The van der Waals surface area contributed by atoms with Gasteiger partial charge in [-0.05, 0) is 45.7 Å². The molecule has 0 spiro atoms. The number of hydrogen-bond donors (Lipinski definition) is 1. The van der Waals surface area contributed by atoms with E-state index >= 15 is 0 Å². The second-order valence-electron chi connectivity index (χ2n) is 6.14. The van der Waals surface area contributed by atoms with Gasteiger partial charge in [0.05, 0.1) is 12.0 Å². The molecule has 2 aliphatic rings. The Balaban J connectivity index is 1.72. The molecule has 4 nitrogen and oxygen atoms in total. The summed E-state index contributed by atoms with van der Waals surface area (Å²) in [6, 6.07) is 1.20. The molecule has 0 amide bonds. The predicted molar refractivity (Wildman–Crippen MR) is 72.3 cm³/mol. The Hall–Kier alpha value is -0.870. The van der Waals surface area contributed by atoms with Gasteiger partial charge in [-0.15, -0.1) is 0 Å². The Labute approximate surface area is 109 Å². The zero-order valence-corrected chi connectivity index (χ0v) is 11.6. The number of fused-ring (bicyclic) bond motifs is 1. The van der Waals surface area contributed by atoms with Crippen LogP contribution in [-0.2, 0) is 6.54 Å². The number of rotatable bonds is 3. The van der Waals surface area contributed by atoms with Crippen molar-refractivity contribution in [2.24, 2.45) is 11.8 Å². The van der Waals surface area contributed by atoms with Gasteiger partial charge in [0.2, 0.25) is 0 Å². The largest absolute Gasteiger partial charge is 0.331 e. The summed E-state index contributed by atoms with van der Waals surface area (Å²) >= 11 is 0. The van der Waals surface area contributed by atoms with Gasteiger partial charge in [-0.25, -0.2) is 4.98 Å². The van der Waals surface area contributed by atoms with E-state index in [1.165, 1.54) is 25.3 Å². The van der Waals surface area contributed by atoms with Crippen LogP contribution in [0.5, 0.6) is 0 Å². The summed E-state index contributed by atoms with van der Waals surface area (Å²) in [5.41, 5.74) is 1.35. The molecule has 1 aromatic heterocycles. The maximum atomic E-state index is 4.31. The number of imidazole rings is 1. The van der Waals surface area contributed by atoms with Crippen LogP contribution in [0, 0.1) is 11.8 Å². The average molecular weight is 248 g/mol. The fourth-order valence-electron chi connectivity index (χ4n) is 3.59. The second kappa shape index (κ2) is 4.67. The normalized spacial score (nSPS) is 32.3. The molecule has 18 heavy (non-hydrogen) atoms. The van der Waals surface area contributed by atoms with Gasteiger partial charge in [-0.3, -0.25) is 4.90 Å². The first-order valence-corrected chi connectivity index (χ1v) is 7.12. The summed E-state index contributed by atoms with van der Waals surface area (Å²) in [6.07, 6.45) is 3.99. The molecular weight excluding hydrogens is 224 g/mol. The Bertz CT molecular complexity index is 412. The van der Waals surface area contributed by atoms with E-state index in [2.05, 4.69) is 40.5 Å². The third kappa shape index (κ3) is 1.97. The number of nitrogens with zero attached hydrogens (tertiary/aromatic N) is 3. The number of hydrogen-bond acceptors (Lipinski definition) is 3. The summed E-state index contributed by atoms with van der Waals surface area (Å²) in [7, 11) is 0. The third-order valence-electron chi connectivity index (χ3n) is 4.72. The molecule has 2 aliphatic heterocycles. The van der Waals surface area contributed by atoms with E-state index in [9.17, 15) is 0 Å². The highest BCUT2D eigenvalue weighted by molar-refractivity contribution is 5.04. The van der Waals surface area contributed by atoms with E-state index in [1.54, 1.807) is 0 Å². The van der Waals surface area contributed by atoms with E-state index in [4.69, 9.17) is 0 Å². The number of likely N-dealkylation sites (tertiary alicyclic amines) is 1. The molecule has 3 unspecified atom stereocenters. The zero-order chi connectivity index (χ0) is 12.7. The van der Waals surface area contributed by atoms with Crippen molar-refractivity contribution in [2.45, 2.75) is 39.4 Å². The standard InChI is InChI=1S/C14H24N4/c1-10(2)18-9-16-5-13(18)8-17-7-12-4-15-6-14(12)11(17)3/h5,9-12,14-15H,4,6-8H2,1-3H3. The van der Waals surface area contributed by atoms with Gasteiger partial charge in [0.15, 0.2) is 0 Å². The second-order valence-corrected chi connectivity index (χ2v) is 6.14. The summed E-state index contributed by atoms with van der Waals surface area (Å²) < 4.78 is 2.29. The van der Waals surface area contributed by atoms with Crippen LogP contribution in [0.4, 0.5) is 0 Å². The van der Waals surface area contributed by atoms with Crippen molar-refractivity contribution in [2.75, 3.05) is 19.6 Å². The van der Waals surface area contributed by atoms with E-state index in [0.29, 0.717) is 12.1 Å². The minimum absolute atomic E-state index is 0.501. The van der Waals surface area contributed by atoms with Crippen molar-refractivity contribution in [3.05, 3.63) is 18.2 Å². The molecule has 4 heteroatoms. The van der Waals surface area contributed by atoms with Gasteiger partial charge < -0.3 is 9.88 Å². The molecule has 2 saturated heterocycles. The molecule has 0 saturated carbocycles. The highest BCUT2D eigenvalue weighted by atomic mass is 15.2. The maximum absolute atomic E-state index is 4.31. The molecule has 3 atom stereocenters. The highest BCUT2D eigenvalue weighted by Gasteiger charge is 2.41. The first kappa shape index (κ1) is 12.2. The van der Waals surface area contributed by atoms with Gasteiger partial charge in [-0.1, -0.05) is 0 Å². The smallest absolute Gasteiger partial charge is 0.0951 e. The third-order valence-corrected chi connectivity index (χ3v) is 4.72. The first-order chi connectivity index (χ1) is 8.66. The molecule has 0 bridgehead atoms. The van der Waals surface area contributed by atoms with Crippen LogP contribution < -0.4 is 5.32 Å². The maximum Gasteiger partial charge on any atom is 0.0951 e. The molecule has 3 rings (SSSR count). The summed E-state index contributed by atoms with van der Waals surface area (Å²) in [6.45, 7) is 11.5. The highest BCUT2D eigenvalue weighted by Crippen LogP contribution is 2.33. The Morgan fingerprint density at radius 1 is 1.44 bits per heavy atom. The fraction of sp³-hybridized carbons (Fsp3) is 0.786. The summed E-state index contributed by atoms with van der Waals surface area (Å²) in [5.74, 6) is 1.70. The number of aromatic nitrogens is 2. The van der Waals surface area contributed by atoms with Crippen molar-refractivity contribution in [1.82, 2.24) is 19.8 Å². The molecule has 2 fully saturated rings. The Morgan fingerprint density at radius 2 is 2.28 bits per heavy atom. The van der Waals surface area contributed by atoms with Crippen molar-refractivity contribution in [3.63, 3.8) is 0 Å². The van der Waals surface area contributed by atoms with Crippen LogP contribution in [0.25, 0.3) is 0 Å². The van der Waals surface area contributed by atoms with Crippen LogP contribution >= 0.6 is 0 Å². The lowest BCUT2D eigenvalue weighted by Gasteiger charge is -2.25. The Morgan fingerprint density at radius 3 is 3.00 bits per heavy atom. The molecular formula is C14H24N4. The molecule has 1 aromatic rings. The van der Waals surface area contributed by atoms with E-state index in [-0.39, 0.29) is 0 Å². The summed E-state index contributed by atoms with van der Waals surface area (Å²) in [4.78, 5) is 6.94. The van der Waals surface area contributed by atoms with E-state index in [1.807, 2.05) is 12.5 Å². The van der Waals surface area contributed by atoms with Crippen molar-refractivity contribution < 1.29 is 0 Å². The van der Waals surface area contributed by atoms with Crippen LogP contribution in [0.15, 0.2) is 12.5 Å². The lowest BCUT2D eigenvalue weighted by molar-refractivity contribution is 0.225. The van der Waals surface area contributed by atoms with Gasteiger partial charge >= 0.3 is 0 Å². The molecule has 100 valence electrons. The molecule has 0 aromatic carbocycles. The quantitative estimate of drug-likeness (QED) is 0.880. The van der Waals surface area contributed by atoms with Gasteiger partial charge in [0.25, 0.3) is 0 Å². The minimum atomic E-state index is 0.501. The van der Waals surface area contributed by atoms with Crippen LogP contribution in [0.3, 0.4) is 0 Å². The molecule has 1 N–H and O–H groups in total. The average Bonchev–Trinajstić information content (AvgIpc) is 2.99.